The van der Waals surface area contributed by atoms with Crippen LogP contribution in [0.2, 0.25) is 0 Å². The van der Waals surface area contributed by atoms with Gasteiger partial charge in [0.15, 0.2) is 11.5 Å². The van der Waals surface area contributed by atoms with E-state index in [9.17, 15) is 19.2 Å². The highest BCUT2D eigenvalue weighted by Crippen LogP contribution is 2.37. The molecule has 2 fully saturated rings. The molecule has 0 saturated carbocycles. The van der Waals surface area contributed by atoms with Gasteiger partial charge in [-0.25, -0.2) is 4.79 Å². The Bertz CT molecular complexity index is 934. The first kappa shape index (κ1) is 21.0. The molecule has 4 rings (SSSR count). The lowest BCUT2D eigenvalue weighted by molar-refractivity contribution is -0.152. The molecule has 10 heteroatoms. The number of esters is 1. The number of rotatable bonds is 5. The first-order valence-corrected chi connectivity index (χ1v) is 10.3. The molecule has 3 heterocycles. The van der Waals surface area contributed by atoms with Crippen LogP contribution >= 0.6 is 0 Å². The van der Waals surface area contributed by atoms with E-state index in [0.717, 1.165) is 4.90 Å². The number of hydrogen-bond donors (Lipinski definition) is 1. The number of urea groups is 1. The van der Waals surface area contributed by atoms with Crippen LogP contribution < -0.4 is 14.8 Å². The fourth-order valence-electron chi connectivity index (χ4n) is 4.14. The average molecular weight is 431 g/mol. The topological polar surface area (TPSA) is 114 Å². The second kappa shape index (κ2) is 8.09. The Hall–Kier alpha value is -3.30. The highest BCUT2D eigenvalue weighted by Gasteiger charge is 2.50. The van der Waals surface area contributed by atoms with E-state index in [1.807, 2.05) is 0 Å². The molecule has 4 amide bonds. The summed E-state index contributed by atoms with van der Waals surface area (Å²) in [5.74, 6) is -0.563. The number of amides is 4. The SMILES string of the molecule is CCOC(=O)C1CCCN(C(=O)CN2C(=O)NC(C)(c3ccc4c(c3)OCO4)C2=O)C1. The zero-order valence-corrected chi connectivity index (χ0v) is 17.5. The van der Waals surface area contributed by atoms with E-state index in [1.165, 1.54) is 4.90 Å². The molecule has 0 radical (unpaired) electrons. The van der Waals surface area contributed by atoms with Crippen molar-refractivity contribution < 1.29 is 33.4 Å². The third-order valence-electron chi connectivity index (χ3n) is 5.91. The molecule has 2 saturated heterocycles. The van der Waals surface area contributed by atoms with Gasteiger partial charge < -0.3 is 24.4 Å². The van der Waals surface area contributed by atoms with Crippen molar-refractivity contribution in [2.45, 2.75) is 32.2 Å². The average Bonchev–Trinajstić information content (AvgIpc) is 3.32. The maximum absolute atomic E-state index is 13.1. The molecule has 0 aromatic heterocycles. The number of hydrogen-bond acceptors (Lipinski definition) is 7. The van der Waals surface area contributed by atoms with Crippen molar-refractivity contribution in [3.8, 4) is 11.5 Å². The first-order valence-electron chi connectivity index (χ1n) is 10.3. The molecule has 31 heavy (non-hydrogen) atoms. The Morgan fingerprint density at radius 2 is 2.03 bits per heavy atom. The molecular weight excluding hydrogens is 406 g/mol. The van der Waals surface area contributed by atoms with E-state index in [-0.39, 0.29) is 44.3 Å². The molecule has 166 valence electrons. The molecule has 0 aliphatic carbocycles. The number of carbonyl (C=O) groups excluding carboxylic acids is 4. The van der Waals surface area contributed by atoms with Crippen molar-refractivity contribution in [1.82, 2.24) is 15.1 Å². The first-order chi connectivity index (χ1) is 14.8. The van der Waals surface area contributed by atoms with Crippen molar-refractivity contribution in [3.63, 3.8) is 0 Å². The van der Waals surface area contributed by atoms with Crippen molar-refractivity contribution in [3.05, 3.63) is 23.8 Å². The number of piperidine rings is 1. The zero-order chi connectivity index (χ0) is 22.2. The van der Waals surface area contributed by atoms with Gasteiger partial charge in [-0.2, -0.15) is 0 Å². The van der Waals surface area contributed by atoms with Crippen LogP contribution in [-0.2, 0) is 24.7 Å². The molecule has 2 atom stereocenters. The highest BCUT2D eigenvalue weighted by molar-refractivity contribution is 6.09. The summed E-state index contributed by atoms with van der Waals surface area (Å²) >= 11 is 0. The number of nitrogens with zero attached hydrogens (tertiary/aromatic N) is 2. The normalized spacial score (nSPS) is 24.9. The van der Waals surface area contributed by atoms with Gasteiger partial charge in [-0.1, -0.05) is 6.07 Å². The number of nitrogens with one attached hydrogen (secondary N) is 1. The van der Waals surface area contributed by atoms with Crippen molar-refractivity contribution >= 4 is 23.8 Å². The fraction of sp³-hybridized carbons (Fsp3) is 0.524. The van der Waals surface area contributed by atoms with Crippen LogP contribution in [0.25, 0.3) is 0 Å². The third-order valence-corrected chi connectivity index (χ3v) is 5.91. The Morgan fingerprint density at radius 1 is 1.26 bits per heavy atom. The molecule has 1 aromatic rings. The molecule has 0 bridgehead atoms. The largest absolute Gasteiger partial charge is 0.466 e. The van der Waals surface area contributed by atoms with Gasteiger partial charge in [0.2, 0.25) is 12.7 Å². The van der Waals surface area contributed by atoms with Crippen LogP contribution in [0.5, 0.6) is 11.5 Å². The van der Waals surface area contributed by atoms with Crippen molar-refractivity contribution in [2.75, 3.05) is 33.0 Å². The van der Waals surface area contributed by atoms with Gasteiger partial charge in [0, 0.05) is 13.1 Å². The summed E-state index contributed by atoms with van der Waals surface area (Å²) in [7, 11) is 0. The minimum Gasteiger partial charge on any atom is -0.466 e. The molecule has 3 aliphatic rings. The maximum atomic E-state index is 13.1. The zero-order valence-electron chi connectivity index (χ0n) is 17.5. The lowest BCUT2D eigenvalue weighted by Crippen LogP contribution is -2.48. The van der Waals surface area contributed by atoms with E-state index >= 15 is 0 Å². The molecule has 2 unspecified atom stereocenters. The number of carbonyl (C=O) groups is 4. The number of likely N-dealkylation sites (tertiary alicyclic amines) is 1. The fourth-order valence-corrected chi connectivity index (χ4v) is 4.14. The lowest BCUT2D eigenvalue weighted by atomic mass is 9.91. The predicted octanol–water partition coefficient (Wildman–Crippen LogP) is 0.984. The number of fused-ring (bicyclic) bond motifs is 1. The molecular formula is C21H25N3O7. The summed E-state index contributed by atoms with van der Waals surface area (Å²) in [5, 5.41) is 2.69. The van der Waals surface area contributed by atoms with E-state index in [0.29, 0.717) is 36.4 Å². The summed E-state index contributed by atoms with van der Waals surface area (Å²) in [5.41, 5.74) is -0.793. The maximum Gasteiger partial charge on any atom is 0.325 e. The Morgan fingerprint density at radius 3 is 2.81 bits per heavy atom. The van der Waals surface area contributed by atoms with Crippen LogP contribution in [0.1, 0.15) is 32.3 Å². The summed E-state index contributed by atoms with van der Waals surface area (Å²) in [6.07, 6.45) is 1.30. The van der Waals surface area contributed by atoms with Crippen LogP contribution in [0.15, 0.2) is 18.2 Å². The quantitative estimate of drug-likeness (QED) is 0.546. The van der Waals surface area contributed by atoms with Crippen molar-refractivity contribution in [1.29, 1.82) is 0 Å². The van der Waals surface area contributed by atoms with Gasteiger partial charge in [-0.3, -0.25) is 19.3 Å². The Balaban J connectivity index is 1.45. The van der Waals surface area contributed by atoms with E-state index in [2.05, 4.69) is 5.32 Å². The van der Waals surface area contributed by atoms with Gasteiger partial charge in [0.1, 0.15) is 12.1 Å². The van der Waals surface area contributed by atoms with E-state index < -0.39 is 17.5 Å². The second-order valence-electron chi connectivity index (χ2n) is 7.95. The monoisotopic (exact) mass is 431 g/mol. The standard InChI is InChI=1S/C21H25N3O7/c1-3-29-18(26)13-5-4-8-23(10-13)17(25)11-24-19(27)21(2,22-20(24)28)14-6-7-15-16(9-14)31-12-30-15/h6-7,9,13H,3-5,8,10-12H2,1-2H3,(H,22,28). The summed E-state index contributed by atoms with van der Waals surface area (Å²) < 4.78 is 15.7. The number of imide groups is 1. The van der Waals surface area contributed by atoms with Gasteiger partial charge in [-0.05, 0) is 44.4 Å². The smallest absolute Gasteiger partial charge is 0.325 e. The minimum absolute atomic E-state index is 0.0963. The number of benzene rings is 1. The molecule has 10 nitrogen and oxygen atoms in total. The van der Waals surface area contributed by atoms with Gasteiger partial charge >= 0.3 is 12.0 Å². The van der Waals surface area contributed by atoms with Crippen molar-refractivity contribution in [2.24, 2.45) is 5.92 Å². The lowest BCUT2D eigenvalue weighted by Gasteiger charge is -2.32. The van der Waals surface area contributed by atoms with Gasteiger partial charge in [0.25, 0.3) is 5.91 Å². The summed E-state index contributed by atoms with van der Waals surface area (Å²) in [6, 6.07) is 4.38. The van der Waals surface area contributed by atoms with Crippen LogP contribution in [-0.4, -0.2) is 66.6 Å². The molecule has 1 aromatic carbocycles. The number of ether oxygens (including phenoxy) is 3. The Kier molecular flexibility index (Phi) is 5.47. The molecule has 3 aliphatic heterocycles. The van der Waals surface area contributed by atoms with Crippen LogP contribution in [0.3, 0.4) is 0 Å². The van der Waals surface area contributed by atoms with Crippen LogP contribution in [0.4, 0.5) is 4.79 Å². The van der Waals surface area contributed by atoms with E-state index in [4.69, 9.17) is 14.2 Å². The highest BCUT2D eigenvalue weighted by atomic mass is 16.7. The molecule has 0 spiro atoms. The minimum atomic E-state index is -1.33. The molecule has 1 N–H and O–H groups in total. The van der Waals surface area contributed by atoms with Gasteiger partial charge in [0.05, 0.1) is 12.5 Å². The summed E-state index contributed by atoms with van der Waals surface area (Å²) in [4.78, 5) is 53.0. The van der Waals surface area contributed by atoms with Crippen LogP contribution in [0, 0.1) is 5.92 Å². The second-order valence-corrected chi connectivity index (χ2v) is 7.95. The predicted molar refractivity (Wildman–Crippen MR) is 106 cm³/mol. The third kappa shape index (κ3) is 3.77. The van der Waals surface area contributed by atoms with E-state index in [1.54, 1.807) is 32.0 Å². The Labute approximate surface area is 179 Å². The summed E-state index contributed by atoms with van der Waals surface area (Å²) in [6.45, 7) is 4.01. The van der Waals surface area contributed by atoms with Gasteiger partial charge in [-0.15, -0.1) is 0 Å².